The Labute approximate surface area is 196 Å². The lowest BCUT2D eigenvalue weighted by molar-refractivity contribution is -0.114. The highest BCUT2D eigenvalue weighted by Crippen LogP contribution is 2.38. The zero-order valence-electron chi connectivity index (χ0n) is 19.0. The summed E-state index contributed by atoms with van der Waals surface area (Å²) in [5.74, 6) is 0.267. The molecule has 4 N–H and O–H groups in total. The van der Waals surface area contributed by atoms with Gasteiger partial charge in [0.1, 0.15) is 5.82 Å². The number of hydrogen-bond donors (Lipinski definition) is 4. The van der Waals surface area contributed by atoms with Crippen LogP contribution in [0.4, 0.5) is 11.5 Å². The van der Waals surface area contributed by atoms with E-state index < -0.39 is 12.2 Å². The molecule has 1 aliphatic rings. The number of hydrogen-bond acceptors (Lipinski definition) is 7. The minimum atomic E-state index is -0.792. The number of aryl methyl sites for hydroxylation is 1. The SMILES string of the molecule is CC(=O)Nc1cc(-c2[nH]c3cc(N4CC[C@H](O)[C@@H](O)C4)cnc3c2-c2ccc(C)cn2)ccn1. The molecule has 0 radical (unpaired) electrons. The van der Waals surface area contributed by atoms with Crippen LogP contribution in [0.3, 0.4) is 0 Å². The van der Waals surface area contributed by atoms with Crippen molar-refractivity contribution in [2.45, 2.75) is 32.5 Å². The van der Waals surface area contributed by atoms with Crippen LogP contribution < -0.4 is 10.2 Å². The van der Waals surface area contributed by atoms with Crippen LogP contribution in [0.15, 0.2) is 48.9 Å². The van der Waals surface area contributed by atoms with E-state index in [1.54, 1.807) is 12.4 Å². The Morgan fingerprint density at radius 2 is 1.97 bits per heavy atom. The standard InChI is InChI=1S/C25H26N6O3/c1-14-3-4-18(27-11-14)23-24(16-5-7-26-22(9-16)29-15(2)32)30-19-10-17(12-28-25(19)23)31-8-6-20(33)21(34)13-31/h3-5,7,9-12,20-21,30,33-34H,6,8,13H2,1-2H3,(H,26,29,32)/t20-,21-/m0/s1. The summed E-state index contributed by atoms with van der Waals surface area (Å²) >= 11 is 0. The van der Waals surface area contributed by atoms with E-state index in [2.05, 4.69) is 20.3 Å². The average Bonchev–Trinajstić information content (AvgIpc) is 3.20. The lowest BCUT2D eigenvalue weighted by Gasteiger charge is -2.34. The number of rotatable bonds is 4. The van der Waals surface area contributed by atoms with E-state index in [0.717, 1.165) is 44.8 Å². The van der Waals surface area contributed by atoms with Crippen LogP contribution in [0, 0.1) is 6.92 Å². The lowest BCUT2D eigenvalue weighted by atomic mass is 10.0. The number of pyridine rings is 3. The second-order valence-corrected chi connectivity index (χ2v) is 8.67. The molecular formula is C25H26N6O3. The highest BCUT2D eigenvalue weighted by Gasteiger charge is 2.27. The number of carbonyl (C=O) groups excluding carboxylic acids is 1. The van der Waals surface area contributed by atoms with Gasteiger partial charge in [-0.25, -0.2) is 4.98 Å². The zero-order valence-corrected chi connectivity index (χ0v) is 19.0. The molecule has 0 unspecified atom stereocenters. The van der Waals surface area contributed by atoms with Crippen molar-refractivity contribution in [3.05, 3.63) is 54.5 Å². The van der Waals surface area contributed by atoms with Crippen LogP contribution >= 0.6 is 0 Å². The molecule has 0 aliphatic carbocycles. The van der Waals surface area contributed by atoms with E-state index in [4.69, 9.17) is 4.98 Å². The minimum Gasteiger partial charge on any atom is -0.390 e. The van der Waals surface area contributed by atoms with Crippen LogP contribution in [0.25, 0.3) is 33.5 Å². The fourth-order valence-corrected chi connectivity index (χ4v) is 4.31. The van der Waals surface area contributed by atoms with Gasteiger partial charge in [0.15, 0.2) is 0 Å². The van der Waals surface area contributed by atoms with Crippen LogP contribution in [0.5, 0.6) is 0 Å². The number of H-pyrrole nitrogens is 1. The maximum Gasteiger partial charge on any atom is 0.222 e. The van der Waals surface area contributed by atoms with Gasteiger partial charge < -0.3 is 25.4 Å². The smallest absolute Gasteiger partial charge is 0.222 e. The molecule has 1 fully saturated rings. The van der Waals surface area contributed by atoms with Crippen molar-refractivity contribution < 1.29 is 15.0 Å². The van der Waals surface area contributed by atoms with E-state index in [1.807, 2.05) is 48.4 Å². The Morgan fingerprint density at radius 3 is 2.71 bits per heavy atom. The molecule has 0 spiro atoms. The van der Waals surface area contributed by atoms with Crippen molar-refractivity contribution in [1.29, 1.82) is 0 Å². The number of carbonyl (C=O) groups is 1. The number of nitrogens with one attached hydrogen (secondary N) is 2. The quantitative estimate of drug-likeness (QED) is 0.370. The molecule has 1 amide bonds. The summed E-state index contributed by atoms with van der Waals surface area (Å²) in [5.41, 5.74) is 6.81. The molecule has 0 aromatic carbocycles. The van der Waals surface area contributed by atoms with Gasteiger partial charge in [0.25, 0.3) is 0 Å². The molecule has 4 aromatic rings. The van der Waals surface area contributed by atoms with Gasteiger partial charge in [-0.2, -0.15) is 0 Å². The van der Waals surface area contributed by atoms with Crippen molar-refractivity contribution in [3.63, 3.8) is 0 Å². The number of anilines is 2. The second-order valence-electron chi connectivity index (χ2n) is 8.67. The molecule has 9 heteroatoms. The van der Waals surface area contributed by atoms with E-state index >= 15 is 0 Å². The third kappa shape index (κ3) is 4.23. The van der Waals surface area contributed by atoms with Gasteiger partial charge >= 0.3 is 0 Å². The maximum absolute atomic E-state index is 11.5. The maximum atomic E-state index is 11.5. The number of β-amino-alcohol motifs (C(OH)–C–C–N with tert-alkyl or cyclic N) is 1. The fraction of sp³-hybridized carbons (Fsp3) is 0.280. The van der Waals surface area contributed by atoms with Gasteiger partial charge in [0.2, 0.25) is 5.91 Å². The molecule has 1 aliphatic heterocycles. The first-order valence-electron chi connectivity index (χ1n) is 11.2. The van der Waals surface area contributed by atoms with Crippen LogP contribution in [-0.2, 0) is 4.79 Å². The Morgan fingerprint density at radius 1 is 1.12 bits per heavy atom. The molecule has 34 heavy (non-hydrogen) atoms. The van der Waals surface area contributed by atoms with Gasteiger partial charge in [0, 0.05) is 38.0 Å². The number of aliphatic hydroxyl groups excluding tert-OH is 2. The van der Waals surface area contributed by atoms with E-state index in [0.29, 0.717) is 25.3 Å². The summed E-state index contributed by atoms with van der Waals surface area (Å²) in [6.07, 6.45) is 4.27. The largest absolute Gasteiger partial charge is 0.390 e. The summed E-state index contributed by atoms with van der Waals surface area (Å²) in [6, 6.07) is 9.67. The molecule has 1 saturated heterocycles. The Kier molecular flexibility index (Phi) is 5.72. The molecule has 0 bridgehead atoms. The van der Waals surface area contributed by atoms with Gasteiger partial charge in [-0.3, -0.25) is 14.8 Å². The van der Waals surface area contributed by atoms with E-state index in [-0.39, 0.29) is 5.91 Å². The first-order chi connectivity index (χ1) is 16.4. The third-order valence-electron chi connectivity index (χ3n) is 6.05. The lowest BCUT2D eigenvalue weighted by Crippen LogP contribution is -2.46. The minimum absolute atomic E-state index is 0.193. The van der Waals surface area contributed by atoms with Crippen LogP contribution in [0.1, 0.15) is 18.9 Å². The summed E-state index contributed by atoms with van der Waals surface area (Å²) < 4.78 is 0. The van der Waals surface area contributed by atoms with Gasteiger partial charge in [0.05, 0.1) is 52.1 Å². The molecule has 2 atom stereocenters. The van der Waals surface area contributed by atoms with Crippen molar-refractivity contribution in [1.82, 2.24) is 19.9 Å². The van der Waals surface area contributed by atoms with Crippen molar-refractivity contribution >= 4 is 28.4 Å². The normalized spacial score (nSPS) is 18.3. The van der Waals surface area contributed by atoms with Crippen molar-refractivity contribution in [2.75, 3.05) is 23.3 Å². The Bertz CT molecular complexity index is 1350. The highest BCUT2D eigenvalue weighted by atomic mass is 16.3. The highest BCUT2D eigenvalue weighted by molar-refractivity contribution is 6.01. The summed E-state index contributed by atoms with van der Waals surface area (Å²) in [4.78, 5) is 30.7. The number of nitrogens with zero attached hydrogens (tertiary/aromatic N) is 4. The summed E-state index contributed by atoms with van der Waals surface area (Å²) in [6.45, 7) is 4.42. The predicted molar refractivity (Wildman–Crippen MR) is 130 cm³/mol. The molecule has 5 heterocycles. The van der Waals surface area contributed by atoms with E-state index in [1.165, 1.54) is 6.92 Å². The van der Waals surface area contributed by atoms with Crippen molar-refractivity contribution in [2.24, 2.45) is 0 Å². The van der Waals surface area contributed by atoms with Gasteiger partial charge in [-0.05, 0) is 43.2 Å². The molecule has 174 valence electrons. The number of piperidine rings is 1. The molecule has 9 nitrogen and oxygen atoms in total. The predicted octanol–water partition coefficient (Wildman–Crippen LogP) is 2.89. The molecule has 5 rings (SSSR count). The van der Waals surface area contributed by atoms with Crippen LogP contribution in [-0.4, -0.2) is 61.4 Å². The number of amides is 1. The topological polar surface area (TPSA) is 127 Å². The number of aromatic amines is 1. The number of fused-ring (bicyclic) bond motifs is 1. The summed E-state index contributed by atoms with van der Waals surface area (Å²) in [7, 11) is 0. The first kappa shape index (κ1) is 22.0. The second kappa shape index (κ2) is 8.85. The van der Waals surface area contributed by atoms with Crippen LogP contribution in [0.2, 0.25) is 0 Å². The third-order valence-corrected chi connectivity index (χ3v) is 6.05. The van der Waals surface area contributed by atoms with Crippen molar-refractivity contribution in [3.8, 4) is 22.5 Å². The summed E-state index contributed by atoms with van der Waals surface area (Å²) in [5, 5.41) is 22.7. The Balaban J connectivity index is 1.64. The first-order valence-corrected chi connectivity index (χ1v) is 11.2. The monoisotopic (exact) mass is 458 g/mol. The zero-order chi connectivity index (χ0) is 23.8. The van der Waals surface area contributed by atoms with E-state index in [9.17, 15) is 15.0 Å². The molecule has 4 aromatic heterocycles. The molecular weight excluding hydrogens is 432 g/mol. The average molecular weight is 459 g/mol. The number of aliphatic hydroxyl groups is 2. The van der Waals surface area contributed by atoms with Gasteiger partial charge in [-0.1, -0.05) is 6.07 Å². The van der Waals surface area contributed by atoms with Gasteiger partial charge in [-0.15, -0.1) is 0 Å². The molecule has 0 saturated carbocycles. The number of aromatic nitrogens is 4. The fourth-order valence-electron chi connectivity index (χ4n) is 4.31. The Hall–Kier alpha value is -3.82.